The van der Waals surface area contributed by atoms with Crippen LogP contribution in [0.15, 0.2) is 29.3 Å². The van der Waals surface area contributed by atoms with E-state index < -0.39 is 5.60 Å². The lowest BCUT2D eigenvalue weighted by atomic mass is 9.97. The van der Waals surface area contributed by atoms with E-state index in [-0.39, 0.29) is 35.9 Å². The SMILES string of the molecule is CN=C(NCc1ccc(F)cc1)NCC1CCN(C(=O)OC(C)(C)C)CC1.I. The Balaban J connectivity index is 0.00000392. The molecule has 1 fully saturated rings. The monoisotopic (exact) mass is 506 g/mol. The van der Waals surface area contributed by atoms with Gasteiger partial charge >= 0.3 is 6.09 Å². The number of nitrogens with zero attached hydrogens (tertiary/aromatic N) is 2. The van der Waals surface area contributed by atoms with Crippen LogP contribution in [0.5, 0.6) is 0 Å². The van der Waals surface area contributed by atoms with Crippen LogP contribution in [0.4, 0.5) is 9.18 Å². The van der Waals surface area contributed by atoms with Crippen molar-refractivity contribution in [1.82, 2.24) is 15.5 Å². The zero-order chi connectivity index (χ0) is 19.9. The van der Waals surface area contributed by atoms with Gasteiger partial charge in [0.15, 0.2) is 5.96 Å². The minimum atomic E-state index is -0.460. The summed E-state index contributed by atoms with van der Waals surface area (Å²) in [5.74, 6) is 0.959. The van der Waals surface area contributed by atoms with Crippen LogP contribution >= 0.6 is 24.0 Å². The Morgan fingerprint density at radius 3 is 2.36 bits per heavy atom. The maximum absolute atomic E-state index is 12.9. The Labute approximate surface area is 184 Å². The normalized spacial score (nSPS) is 15.6. The number of aliphatic imine (C=N–C) groups is 1. The Bertz CT molecular complexity index is 639. The molecule has 8 heteroatoms. The number of rotatable bonds is 4. The van der Waals surface area contributed by atoms with Crippen molar-refractivity contribution in [2.75, 3.05) is 26.7 Å². The highest BCUT2D eigenvalue weighted by Gasteiger charge is 2.26. The summed E-state index contributed by atoms with van der Waals surface area (Å²) in [6, 6.07) is 6.40. The first-order valence-electron chi connectivity index (χ1n) is 9.44. The summed E-state index contributed by atoms with van der Waals surface area (Å²) < 4.78 is 18.4. The van der Waals surface area contributed by atoms with Gasteiger partial charge in [-0.05, 0) is 57.2 Å². The molecule has 1 amide bonds. The van der Waals surface area contributed by atoms with Crippen LogP contribution in [0, 0.1) is 11.7 Å². The van der Waals surface area contributed by atoms with Crippen molar-refractivity contribution in [3.8, 4) is 0 Å². The van der Waals surface area contributed by atoms with E-state index in [9.17, 15) is 9.18 Å². The van der Waals surface area contributed by atoms with Crippen LogP contribution in [-0.2, 0) is 11.3 Å². The van der Waals surface area contributed by atoms with Gasteiger partial charge in [-0.15, -0.1) is 24.0 Å². The molecular weight excluding hydrogens is 474 g/mol. The van der Waals surface area contributed by atoms with Crippen LogP contribution in [0.2, 0.25) is 0 Å². The predicted octanol–water partition coefficient (Wildman–Crippen LogP) is 3.76. The molecule has 0 atom stereocenters. The molecule has 1 aliphatic rings. The van der Waals surface area contributed by atoms with Gasteiger partial charge in [-0.1, -0.05) is 12.1 Å². The molecule has 28 heavy (non-hydrogen) atoms. The maximum Gasteiger partial charge on any atom is 0.410 e. The molecule has 0 unspecified atom stereocenters. The van der Waals surface area contributed by atoms with Crippen molar-refractivity contribution in [1.29, 1.82) is 0 Å². The minimum absolute atomic E-state index is 0. The van der Waals surface area contributed by atoms with Crippen molar-refractivity contribution < 1.29 is 13.9 Å². The Morgan fingerprint density at radius 2 is 1.82 bits per heavy atom. The molecule has 0 spiro atoms. The predicted molar refractivity (Wildman–Crippen MR) is 121 cm³/mol. The minimum Gasteiger partial charge on any atom is -0.444 e. The van der Waals surface area contributed by atoms with Crippen molar-refractivity contribution in [2.45, 2.75) is 45.8 Å². The molecule has 158 valence electrons. The zero-order valence-corrected chi connectivity index (χ0v) is 19.5. The lowest BCUT2D eigenvalue weighted by Gasteiger charge is -2.33. The van der Waals surface area contributed by atoms with Crippen molar-refractivity contribution in [2.24, 2.45) is 10.9 Å². The highest BCUT2D eigenvalue weighted by atomic mass is 127. The molecule has 2 N–H and O–H groups in total. The second kappa shape index (κ2) is 11.4. The van der Waals surface area contributed by atoms with Gasteiger partial charge in [0.1, 0.15) is 11.4 Å². The summed E-state index contributed by atoms with van der Waals surface area (Å²) in [6.07, 6.45) is 1.63. The Morgan fingerprint density at radius 1 is 1.21 bits per heavy atom. The molecule has 0 saturated carbocycles. The van der Waals surface area contributed by atoms with Gasteiger partial charge < -0.3 is 20.3 Å². The summed E-state index contributed by atoms with van der Waals surface area (Å²) >= 11 is 0. The molecule has 6 nitrogen and oxygen atoms in total. The van der Waals surface area contributed by atoms with E-state index in [0.29, 0.717) is 31.5 Å². The van der Waals surface area contributed by atoms with E-state index >= 15 is 0 Å². The standard InChI is InChI=1S/C20H31FN4O2.HI/c1-20(2,3)27-19(26)25-11-9-16(10-12-25)14-24-18(22-4)23-13-15-5-7-17(21)8-6-15;/h5-8,16H,9-14H2,1-4H3,(H2,22,23,24);1H. The smallest absolute Gasteiger partial charge is 0.410 e. The van der Waals surface area contributed by atoms with E-state index in [1.54, 1.807) is 24.1 Å². The first-order valence-corrected chi connectivity index (χ1v) is 9.44. The number of hydrogen-bond acceptors (Lipinski definition) is 3. The van der Waals surface area contributed by atoms with E-state index in [2.05, 4.69) is 15.6 Å². The van der Waals surface area contributed by atoms with Crippen LogP contribution < -0.4 is 10.6 Å². The molecular formula is C20H32FIN4O2. The van der Waals surface area contributed by atoms with Gasteiger partial charge in [0.25, 0.3) is 0 Å². The largest absolute Gasteiger partial charge is 0.444 e. The van der Waals surface area contributed by atoms with Crippen LogP contribution in [0.1, 0.15) is 39.2 Å². The van der Waals surface area contributed by atoms with Crippen LogP contribution in [-0.4, -0.2) is 49.2 Å². The molecule has 2 rings (SSSR count). The van der Waals surface area contributed by atoms with Gasteiger partial charge in [-0.2, -0.15) is 0 Å². The fourth-order valence-electron chi connectivity index (χ4n) is 2.90. The number of amides is 1. The number of likely N-dealkylation sites (tertiary alicyclic amines) is 1. The highest BCUT2D eigenvalue weighted by Crippen LogP contribution is 2.19. The number of ether oxygens (including phenoxy) is 1. The quantitative estimate of drug-likeness (QED) is 0.371. The number of nitrogens with one attached hydrogen (secondary N) is 2. The van der Waals surface area contributed by atoms with Gasteiger partial charge in [0.05, 0.1) is 0 Å². The second-order valence-corrected chi connectivity index (χ2v) is 7.84. The van der Waals surface area contributed by atoms with Gasteiger partial charge in [0, 0.05) is 33.2 Å². The first kappa shape index (κ1) is 24.5. The van der Waals surface area contributed by atoms with Crippen LogP contribution in [0.25, 0.3) is 0 Å². The number of benzene rings is 1. The number of carbonyl (C=O) groups excluding carboxylic acids is 1. The summed E-state index contributed by atoms with van der Waals surface area (Å²) in [5, 5.41) is 6.56. The molecule has 1 aliphatic heterocycles. The Kier molecular flexibility index (Phi) is 9.98. The third kappa shape index (κ3) is 8.62. The van der Waals surface area contributed by atoms with Gasteiger partial charge in [0.2, 0.25) is 0 Å². The summed E-state index contributed by atoms with van der Waals surface area (Å²) in [6.45, 7) is 8.44. The van der Waals surface area contributed by atoms with Crippen LogP contribution in [0.3, 0.4) is 0 Å². The van der Waals surface area contributed by atoms with Gasteiger partial charge in [-0.3, -0.25) is 4.99 Å². The summed E-state index contributed by atoms with van der Waals surface area (Å²) in [5.41, 5.74) is 0.531. The van der Waals surface area contributed by atoms with E-state index in [1.807, 2.05) is 20.8 Å². The van der Waals surface area contributed by atoms with E-state index in [4.69, 9.17) is 4.74 Å². The van der Waals surface area contributed by atoms with E-state index in [0.717, 1.165) is 24.9 Å². The molecule has 1 heterocycles. The molecule has 0 aliphatic carbocycles. The lowest BCUT2D eigenvalue weighted by Crippen LogP contribution is -2.45. The summed E-state index contributed by atoms with van der Waals surface area (Å²) in [4.78, 5) is 18.1. The fraction of sp³-hybridized carbons (Fsp3) is 0.600. The van der Waals surface area contributed by atoms with Crippen molar-refractivity contribution >= 4 is 36.0 Å². The average Bonchev–Trinajstić information content (AvgIpc) is 2.62. The third-order valence-corrected chi connectivity index (χ3v) is 4.42. The molecule has 0 aromatic heterocycles. The van der Waals surface area contributed by atoms with Crippen molar-refractivity contribution in [3.05, 3.63) is 35.6 Å². The average molecular weight is 506 g/mol. The fourth-order valence-corrected chi connectivity index (χ4v) is 2.90. The van der Waals surface area contributed by atoms with E-state index in [1.165, 1.54) is 12.1 Å². The number of piperidine rings is 1. The Hall–Kier alpha value is -1.58. The lowest BCUT2D eigenvalue weighted by molar-refractivity contribution is 0.0185. The molecule has 1 aromatic carbocycles. The zero-order valence-electron chi connectivity index (χ0n) is 17.1. The van der Waals surface area contributed by atoms with Crippen molar-refractivity contribution in [3.63, 3.8) is 0 Å². The number of halogens is 2. The topological polar surface area (TPSA) is 66.0 Å². The van der Waals surface area contributed by atoms with Gasteiger partial charge in [-0.25, -0.2) is 9.18 Å². The molecule has 0 bridgehead atoms. The molecule has 1 saturated heterocycles. The molecule has 1 aromatic rings. The highest BCUT2D eigenvalue weighted by molar-refractivity contribution is 14.0. The number of guanidine groups is 1. The molecule has 0 radical (unpaired) electrons. The second-order valence-electron chi connectivity index (χ2n) is 7.84. The third-order valence-electron chi connectivity index (χ3n) is 4.42. The number of hydrogen-bond donors (Lipinski definition) is 2. The number of carbonyl (C=O) groups is 1. The summed E-state index contributed by atoms with van der Waals surface area (Å²) in [7, 11) is 1.73. The maximum atomic E-state index is 12.9. The first-order chi connectivity index (χ1) is 12.8.